The highest BCUT2D eigenvalue weighted by atomic mass is 32.1. The molecule has 1 aliphatic carbocycles. The Hall–Kier alpha value is -6.30. The van der Waals surface area contributed by atoms with Crippen LogP contribution in [-0.2, 0) is 17.3 Å². The van der Waals surface area contributed by atoms with Gasteiger partial charge in [0.25, 0.3) is 6.71 Å². The van der Waals surface area contributed by atoms with Gasteiger partial charge in [-0.05, 0) is 146 Å². The van der Waals surface area contributed by atoms with Gasteiger partial charge >= 0.3 is 0 Å². The predicted octanol–water partition coefficient (Wildman–Crippen LogP) is 14.2. The molecule has 12 rings (SSSR count). The normalized spacial score (nSPS) is 14.6. The molecule has 4 heterocycles. The molecule has 0 radical (unpaired) electrons. The zero-order chi connectivity index (χ0) is 42.2. The molecule has 62 heavy (non-hydrogen) atoms. The minimum absolute atomic E-state index is 0.0152. The molecule has 7 aromatic carbocycles. The largest absolute Gasteiger partial charge is 0.456 e. The highest BCUT2D eigenvalue weighted by Gasteiger charge is 2.44. The lowest BCUT2D eigenvalue weighted by Gasteiger charge is -2.45. The molecule has 5 heteroatoms. The fourth-order valence-corrected chi connectivity index (χ4v) is 11.8. The van der Waals surface area contributed by atoms with Crippen molar-refractivity contribution in [1.29, 1.82) is 0 Å². The molecule has 9 aromatic rings. The van der Waals surface area contributed by atoms with Crippen molar-refractivity contribution in [3.05, 3.63) is 178 Å². The van der Waals surface area contributed by atoms with E-state index in [1.54, 1.807) is 0 Å². The van der Waals surface area contributed by atoms with Crippen LogP contribution in [0.15, 0.2) is 150 Å². The van der Waals surface area contributed by atoms with E-state index in [2.05, 4.69) is 204 Å². The second-order valence-electron chi connectivity index (χ2n) is 19.8. The monoisotopic (exact) mass is 820 g/mol. The van der Waals surface area contributed by atoms with Crippen molar-refractivity contribution >= 4 is 106 Å². The van der Waals surface area contributed by atoms with Crippen molar-refractivity contribution in [2.75, 3.05) is 9.80 Å². The maximum Gasteiger partial charge on any atom is 0.252 e. The van der Waals surface area contributed by atoms with Gasteiger partial charge in [0.2, 0.25) is 0 Å². The summed E-state index contributed by atoms with van der Waals surface area (Å²) < 4.78 is 7.93. The fourth-order valence-electron chi connectivity index (χ4n) is 10.5. The zero-order valence-corrected chi connectivity index (χ0v) is 37.4. The lowest BCUT2D eigenvalue weighted by Crippen LogP contribution is -2.61. The molecule has 0 spiro atoms. The van der Waals surface area contributed by atoms with E-state index in [9.17, 15) is 0 Å². The second kappa shape index (κ2) is 13.4. The summed E-state index contributed by atoms with van der Waals surface area (Å²) in [6, 6.07) is 52.9. The predicted molar refractivity (Wildman–Crippen MR) is 267 cm³/mol. The van der Waals surface area contributed by atoms with Crippen molar-refractivity contribution in [2.24, 2.45) is 0 Å². The molecule has 2 aromatic heterocycles. The highest BCUT2D eigenvalue weighted by Crippen LogP contribution is 2.48. The summed E-state index contributed by atoms with van der Waals surface area (Å²) in [5.74, 6) is 0. The first-order valence-electron chi connectivity index (χ1n) is 22.2. The van der Waals surface area contributed by atoms with Gasteiger partial charge in [-0.15, -0.1) is 11.3 Å². The van der Waals surface area contributed by atoms with Crippen LogP contribution in [0.3, 0.4) is 0 Å². The number of para-hydroxylation sites is 1. The number of hydrogen-bond acceptors (Lipinski definition) is 4. The number of rotatable bonds is 3. The lowest BCUT2D eigenvalue weighted by atomic mass is 9.33. The molecular formula is C57H49BN2OS. The van der Waals surface area contributed by atoms with Gasteiger partial charge in [0.1, 0.15) is 11.2 Å². The number of benzene rings is 7. The third-order valence-corrected chi connectivity index (χ3v) is 14.9. The first-order chi connectivity index (χ1) is 29.9. The molecule has 0 saturated heterocycles. The Balaban J connectivity index is 1.08. The summed E-state index contributed by atoms with van der Waals surface area (Å²) in [5.41, 5.74) is 21.0. The van der Waals surface area contributed by atoms with Crippen LogP contribution in [0, 0.1) is 6.92 Å². The average Bonchev–Trinajstić information content (AvgIpc) is 3.83. The molecule has 0 atom stereocenters. The average molecular weight is 821 g/mol. The van der Waals surface area contributed by atoms with Crippen molar-refractivity contribution in [3.8, 4) is 0 Å². The number of aryl methyl sites for hydroxylation is 2. The Bertz CT molecular complexity index is 3350. The van der Waals surface area contributed by atoms with E-state index in [0.717, 1.165) is 40.5 Å². The topological polar surface area (TPSA) is 19.6 Å². The van der Waals surface area contributed by atoms with Crippen molar-refractivity contribution in [3.63, 3.8) is 0 Å². The standard InChI is InChI=1S/C57H49BN2OS/c1-34-29-49-54-50(30-34)60(39-25-26-42-41-13-8-10-17-51(41)61-52(42)33-39)48-32-37(57(5,6)7)21-27-45(48)58(54)46-31-36(56(2,3)4)22-28-47(46)59(49)38-23-19-35(20-24-38)40-15-12-16-44-43-14-9-11-18-53(43)62-55(40)44/h8-11,13-15,17-33H,12,16H2,1-7H3. The Labute approximate surface area is 369 Å². The molecule has 3 nitrogen and oxygen atoms in total. The third kappa shape index (κ3) is 5.64. The Morgan fingerprint density at radius 1 is 0.565 bits per heavy atom. The molecule has 0 bridgehead atoms. The second-order valence-corrected chi connectivity index (χ2v) is 20.8. The van der Waals surface area contributed by atoms with Crippen LogP contribution >= 0.6 is 11.3 Å². The minimum Gasteiger partial charge on any atom is -0.456 e. The maximum atomic E-state index is 6.56. The molecule has 2 aliphatic heterocycles. The summed E-state index contributed by atoms with van der Waals surface area (Å²) >= 11 is 1.94. The van der Waals surface area contributed by atoms with Crippen LogP contribution in [0.5, 0.6) is 0 Å². The van der Waals surface area contributed by atoms with Gasteiger partial charge in [0.15, 0.2) is 0 Å². The van der Waals surface area contributed by atoms with E-state index in [4.69, 9.17) is 4.42 Å². The number of thiophene rings is 1. The van der Waals surface area contributed by atoms with Crippen molar-refractivity contribution in [1.82, 2.24) is 0 Å². The molecule has 302 valence electrons. The lowest BCUT2D eigenvalue weighted by molar-refractivity contribution is 0.590. The SMILES string of the molecule is Cc1cc2c3c(c1)N(c1ccc4c(c1)oc1ccccc14)c1cc(C(C)(C)C)ccc1B3c1cc(C(C)(C)C)ccc1N2c1ccc(C2=CCCc3c2sc2ccccc32)cc1. The van der Waals surface area contributed by atoms with Gasteiger partial charge in [-0.3, -0.25) is 0 Å². The van der Waals surface area contributed by atoms with Crippen LogP contribution in [0.1, 0.15) is 80.7 Å². The summed E-state index contributed by atoms with van der Waals surface area (Å²) in [5, 5.41) is 3.70. The Morgan fingerprint density at radius 3 is 2.00 bits per heavy atom. The van der Waals surface area contributed by atoms with E-state index in [0.29, 0.717) is 0 Å². The van der Waals surface area contributed by atoms with Gasteiger partial charge in [-0.2, -0.15) is 0 Å². The number of nitrogens with zero attached hydrogens (tertiary/aromatic N) is 2. The minimum atomic E-state index is -0.0273. The molecule has 0 saturated carbocycles. The number of fused-ring (bicyclic) bond motifs is 10. The Morgan fingerprint density at radius 2 is 1.23 bits per heavy atom. The van der Waals surface area contributed by atoms with E-state index >= 15 is 0 Å². The number of furan rings is 1. The number of allylic oxidation sites excluding steroid dienone is 1. The summed E-state index contributed by atoms with van der Waals surface area (Å²) in [6.45, 7) is 16.3. The maximum absolute atomic E-state index is 6.56. The van der Waals surface area contributed by atoms with Crippen LogP contribution in [0.2, 0.25) is 0 Å². The molecular weight excluding hydrogens is 772 g/mol. The van der Waals surface area contributed by atoms with Crippen LogP contribution < -0.4 is 26.2 Å². The van der Waals surface area contributed by atoms with Gasteiger partial charge in [-0.1, -0.05) is 120 Å². The van der Waals surface area contributed by atoms with Crippen molar-refractivity contribution in [2.45, 2.75) is 72.1 Å². The van der Waals surface area contributed by atoms with Gasteiger partial charge in [0, 0.05) is 60.5 Å². The number of anilines is 6. The third-order valence-electron chi connectivity index (χ3n) is 13.7. The quantitative estimate of drug-likeness (QED) is 0.166. The molecule has 0 amide bonds. The summed E-state index contributed by atoms with van der Waals surface area (Å²) in [6.07, 6.45) is 4.62. The van der Waals surface area contributed by atoms with E-state index in [1.165, 1.54) is 93.2 Å². The molecule has 0 fully saturated rings. The number of hydrogen-bond donors (Lipinski definition) is 0. The summed E-state index contributed by atoms with van der Waals surface area (Å²) in [4.78, 5) is 6.49. The van der Waals surface area contributed by atoms with E-state index in [-0.39, 0.29) is 17.5 Å². The van der Waals surface area contributed by atoms with Crippen LogP contribution in [0.4, 0.5) is 34.1 Å². The van der Waals surface area contributed by atoms with Gasteiger partial charge < -0.3 is 14.2 Å². The van der Waals surface area contributed by atoms with E-state index in [1.807, 2.05) is 11.3 Å². The Kier molecular flexibility index (Phi) is 8.07. The van der Waals surface area contributed by atoms with Gasteiger partial charge in [0.05, 0.1) is 0 Å². The van der Waals surface area contributed by atoms with E-state index < -0.39 is 0 Å². The highest BCUT2D eigenvalue weighted by molar-refractivity contribution is 7.20. The molecule has 0 N–H and O–H groups in total. The summed E-state index contributed by atoms with van der Waals surface area (Å²) in [7, 11) is 0. The van der Waals surface area contributed by atoms with Crippen LogP contribution in [0.25, 0.3) is 37.6 Å². The molecule has 3 aliphatic rings. The van der Waals surface area contributed by atoms with Gasteiger partial charge in [-0.25, -0.2) is 0 Å². The fraction of sp³-hybridized carbons (Fsp3) is 0.193. The molecule has 0 unspecified atom stereocenters. The first-order valence-corrected chi connectivity index (χ1v) is 23.0. The zero-order valence-electron chi connectivity index (χ0n) is 36.6. The first kappa shape index (κ1) is 37.5. The van der Waals surface area contributed by atoms with Crippen LogP contribution in [-0.4, -0.2) is 6.71 Å². The van der Waals surface area contributed by atoms with Crippen molar-refractivity contribution < 1.29 is 4.42 Å². The smallest absolute Gasteiger partial charge is 0.252 e.